The number of ether oxygens (including phenoxy) is 2. The van der Waals surface area contributed by atoms with Gasteiger partial charge < -0.3 is 9.47 Å². The highest BCUT2D eigenvalue weighted by Crippen LogP contribution is 2.27. The quantitative estimate of drug-likeness (QED) is 0.395. The third-order valence-corrected chi connectivity index (χ3v) is 4.19. The molecule has 0 unspecified atom stereocenters. The van der Waals surface area contributed by atoms with Gasteiger partial charge in [-0.25, -0.2) is 0 Å². The van der Waals surface area contributed by atoms with Gasteiger partial charge in [-0.3, -0.25) is 0 Å². The third-order valence-electron chi connectivity index (χ3n) is 4.19. The van der Waals surface area contributed by atoms with Crippen molar-refractivity contribution >= 4 is 0 Å². The summed E-state index contributed by atoms with van der Waals surface area (Å²) in [5.41, 5.74) is 0.931. The molecule has 0 bridgehead atoms. The fourth-order valence-corrected chi connectivity index (χ4v) is 2.64. The van der Waals surface area contributed by atoms with Gasteiger partial charge >= 0.3 is 0 Å². The second kappa shape index (κ2) is 17.1. The summed E-state index contributed by atoms with van der Waals surface area (Å²) < 4.78 is 10.2. The molecule has 0 atom stereocenters. The maximum atomic E-state index is 8.49. The highest BCUT2D eigenvalue weighted by molar-refractivity contribution is 5.43. The van der Waals surface area contributed by atoms with Crippen LogP contribution >= 0.6 is 0 Å². The maximum absolute atomic E-state index is 8.49. The minimum absolute atomic E-state index is 0.389. The first kappa shape index (κ1) is 23.3. The van der Waals surface area contributed by atoms with Crippen LogP contribution in [0.1, 0.15) is 83.6 Å². The zero-order chi connectivity index (χ0) is 18.8. The molecule has 0 heterocycles. The van der Waals surface area contributed by atoms with Crippen molar-refractivity contribution < 1.29 is 9.47 Å². The van der Waals surface area contributed by atoms with Crippen molar-refractivity contribution in [3.63, 3.8) is 0 Å². The Morgan fingerprint density at radius 1 is 0.760 bits per heavy atom. The Hall–Kier alpha value is -1.69. The van der Waals surface area contributed by atoms with E-state index in [1.54, 1.807) is 20.3 Å². The van der Waals surface area contributed by atoms with Crippen molar-refractivity contribution in [1.29, 1.82) is 5.26 Å². The average molecular weight is 348 g/mol. The number of rotatable bonds is 12. The van der Waals surface area contributed by atoms with Gasteiger partial charge in [0.1, 0.15) is 0 Å². The molecule has 0 amide bonds. The highest BCUT2D eigenvalue weighted by Gasteiger charge is 2.03. The maximum Gasteiger partial charge on any atom is 0.161 e. The van der Waals surface area contributed by atoms with Crippen molar-refractivity contribution in [3.8, 4) is 17.6 Å². The lowest BCUT2D eigenvalue weighted by molar-refractivity contribution is 0.354. The second-order valence-corrected chi connectivity index (χ2v) is 6.35. The van der Waals surface area contributed by atoms with Crippen LogP contribution in [0.5, 0.6) is 11.5 Å². The molecule has 0 fully saturated rings. The van der Waals surface area contributed by atoms with Crippen molar-refractivity contribution in [1.82, 2.24) is 0 Å². The van der Waals surface area contributed by atoms with Crippen LogP contribution in [-0.4, -0.2) is 14.2 Å². The van der Waals surface area contributed by atoms with Crippen LogP contribution in [0.15, 0.2) is 18.2 Å². The van der Waals surface area contributed by atoms with Crippen molar-refractivity contribution in [2.24, 2.45) is 0 Å². The molecule has 1 rings (SSSR count). The van der Waals surface area contributed by atoms with Gasteiger partial charge in [-0.1, -0.05) is 84.1 Å². The molecule has 0 aliphatic rings. The van der Waals surface area contributed by atoms with Crippen molar-refractivity contribution in [3.05, 3.63) is 23.8 Å². The van der Waals surface area contributed by atoms with Gasteiger partial charge in [0.05, 0.1) is 26.7 Å². The molecule has 0 N–H and O–H groups in total. The number of nitriles is 1. The van der Waals surface area contributed by atoms with E-state index in [1.165, 1.54) is 64.2 Å². The average Bonchev–Trinajstić information content (AvgIpc) is 2.64. The Kier molecular flexibility index (Phi) is 16.0. The van der Waals surface area contributed by atoms with Gasteiger partial charge in [-0.2, -0.15) is 5.26 Å². The Morgan fingerprint density at radius 2 is 1.24 bits per heavy atom. The van der Waals surface area contributed by atoms with Crippen LogP contribution in [0.25, 0.3) is 0 Å². The van der Waals surface area contributed by atoms with E-state index in [4.69, 9.17) is 14.7 Å². The summed E-state index contributed by atoms with van der Waals surface area (Å²) in [5, 5.41) is 8.49. The van der Waals surface area contributed by atoms with Gasteiger partial charge in [0, 0.05) is 0 Å². The van der Waals surface area contributed by atoms with Gasteiger partial charge in [0.15, 0.2) is 11.5 Å². The van der Waals surface area contributed by atoms with Crippen molar-refractivity contribution in [2.45, 2.75) is 84.5 Å². The molecular formula is C22H37NO2. The minimum Gasteiger partial charge on any atom is -0.493 e. The van der Waals surface area contributed by atoms with E-state index in [0.717, 1.165) is 5.56 Å². The molecule has 3 nitrogen and oxygen atoms in total. The first-order valence-corrected chi connectivity index (χ1v) is 9.81. The highest BCUT2D eigenvalue weighted by atomic mass is 16.5. The second-order valence-electron chi connectivity index (χ2n) is 6.35. The largest absolute Gasteiger partial charge is 0.493 e. The standard InChI is InChI=1S/C12H26.C10H11NO2/c1-3-5-7-9-11-12-10-8-6-4-2;1-12-9-4-3-8(5-6-11)7-10(9)13-2/h3-12H2,1-2H3;3-4,7H,5H2,1-2H3. The van der Waals surface area contributed by atoms with Gasteiger partial charge in [0.25, 0.3) is 0 Å². The predicted octanol–water partition coefficient (Wildman–Crippen LogP) is 6.70. The molecule has 0 aromatic heterocycles. The minimum atomic E-state index is 0.389. The van der Waals surface area contributed by atoms with Crippen LogP contribution in [0.4, 0.5) is 0 Å². The molecule has 0 spiro atoms. The first-order valence-electron chi connectivity index (χ1n) is 9.81. The fourth-order valence-electron chi connectivity index (χ4n) is 2.64. The Bertz CT molecular complexity index is 456. The van der Waals surface area contributed by atoms with E-state index < -0.39 is 0 Å². The molecule has 142 valence electrons. The summed E-state index contributed by atoms with van der Waals surface area (Å²) in [5.74, 6) is 1.35. The molecule has 0 saturated carbocycles. The summed E-state index contributed by atoms with van der Waals surface area (Å²) in [6.45, 7) is 4.56. The molecule has 0 aliphatic carbocycles. The van der Waals surface area contributed by atoms with E-state index in [1.807, 2.05) is 12.1 Å². The molecule has 1 aromatic rings. The van der Waals surface area contributed by atoms with Crippen LogP contribution < -0.4 is 9.47 Å². The monoisotopic (exact) mass is 347 g/mol. The SMILES string of the molecule is CCCCCCCCCCCC.COc1ccc(CC#N)cc1OC. The Balaban J connectivity index is 0.000000463. The van der Waals surface area contributed by atoms with Gasteiger partial charge in [-0.15, -0.1) is 0 Å². The number of nitrogens with zero attached hydrogens (tertiary/aromatic N) is 1. The topological polar surface area (TPSA) is 42.2 Å². The zero-order valence-corrected chi connectivity index (χ0v) is 16.8. The number of methoxy groups -OCH3 is 2. The van der Waals surface area contributed by atoms with Crippen LogP contribution in [0.3, 0.4) is 0 Å². The normalized spacial score (nSPS) is 9.72. The van der Waals surface area contributed by atoms with E-state index >= 15 is 0 Å². The van der Waals surface area contributed by atoms with Crippen LogP contribution in [0.2, 0.25) is 0 Å². The molecule has 1 aromatic carbocycles. The van der Waals surface area contributed by atoms with Crippen LogP contribution in [-0.2, 0) is 6.42 Å². The number of benzene rings is 1. The lowest BCUT2D eigenvalue weighted by atomic mass is 10.1. The smallest absolute Gasteiger partial charge is 0.161 e. The fraction of sp³-hybridized carbons (Fsp3) is 0.682. The molecular weight excluding hydrogens is 310 g/mol. The Labute approximate surface area is 155 Å². The zero-order valence-electron chi connectivity index (χ0n) is 16.8. The molecule has 0 radical (unpaired) electrons. The van der Waals surface area contributed by atoms with E-state index in [-0.39, 0.29) is 0 Å². The van der Waals surface area contributed by atoms with Crippen LogP contribution in [0, 0.1) is 11.3 Å². The summed E-state index contributed by atoms with van der Waals surface area (Å²) >= 11 is 0. The van der Waals surface area contributed by atoms with Crippen molar-refractivity contribution in [2.75, 3.05) is 14.2 Å². The summed E-state index contributed by atoms with van der Waals surface area (Å²) in [4.78, 5) is 0. The van der Waals surface area contributed by atoms with Gasteiger partial charge in [0.2, 0.25) is 0 Å². The number of unbranched alkanes of at least 4 members (excludes halogenated alkanes) is 9. The molecule has 0 saturated heterocycles. The summed E-state index contributed by atoms with van der Waals surface area (Å²) in [6.07, 6.45) is 14.8. The van der Waals surface area contributed by atoms with E-state index in [9.17, 15) is 0 Å². The lowest BCUT2D eigenvalue weighted by Gasteiger charge is -2.07. The molecule has 3 heteroatoms. The Morgan fingerprint density at radius 3 is 1.64 bits per heavy atom. The summed E-state index contributed by atoms with van der Waals surface area (Å²) in [7, 11) is 3.16. The summed E-state index contributed by atoms with van der Waals surface area (Å²) in [6, 6.07) is 7.53. The molecule has 25 heavy (non-hydrogen) atoms. The van der Waals surface area contributed by atoms with Gasteiger partial charge in [-0.05, 0) is 17.7 Å². The number of hydrogen-bond donors (Lipinski definition) is 0. The first-order chi connectivity index (χ1) is 12.2. The molecule has 0 aliphatic heterocycles. The van der Waals surface area contributed by atoms with E-state index in [0.29, 0.717) is 17.9 Å². The third kappa shape index (κ3) is 12.3. The van der Waals surface area contributed by atoms with E-state index in [2.05, 4.69) is 19.9 Å². The number of hydrogen-bond acceptors (Lipinski definition) is 3. The lowest BCUT2D eigenvalue weighted by Crippen LogP contribution is -1.91. The predicted molar refractivity (Wildman–Crippen MR) is 106 cm³/mol.